The zero-order chi connectivity index (χ0) is 9.26. The second kappa shape index (κ2) is 2.91. The summed E-state index contributed by atoms with van der Waals surface area (Å²) in [7, 11) is 0. The van der Waals surface area contributed by atoms with E-state index in [0.717, 1.165) is 0 Å². The van der Waals surface area contributed by atoms with Gasteiger partial charge in [-0.3, -0.25) is 0 Å². The molecule has 0 fully saturated rings. The van der Waals surface area contributed by atoms with Crippen molar-refractivity contribution in [2.75, 3.05) is 0 Å². The smallest absolute Gasteiger partial charge is 0.206 e. The Bertz CT molecular complexity index is 463. The van der Waals surface area contributed by atoms with Crippen molar-refractivity contribution in [1.82, 2.24) is 24.1 Å². The summed E-state index contributed by atoms with van der Waals surface area (Å²) in [5.74, 6) is 0.821. The van der Waals surface area contributed by atoms with Gasteiger partial charge in [-0.15, -0.1) is 5.10 Å². The van der Waals surface area contributed by atoms with Gasteiger partial charge in [0.15, 0.2) is 0 Å². The first kappa shape index (κ1) is 7.82. The Morgan fingerprint density at radius 2 is 2.46 bits per heavy atom. The monoisotopic (exact) mass is 192 g/mol. The third-order valence-corrected chi connectivity index (χ3v) is 2.10. The Hall–Kier alpha value is -1.81. The molecule has 0 aliphatic heterocycles. The Balaban J connectivity index is 2.42. The van der Waals surface area contributed by atoms with Crippen LogP contribution in [0.1, 0.15) is 11.6 Å². The SMILES string of the molecule is Cc1nsc(-n2cnc(C#N)n2)n1. The number of nitrogens with zero attached hydrogens (tertiary/aromatic N) is 6. The second-order valence-electron chi connectivity index (χ2n) is 2.25. The molecule has 2 rings (SSSR count). The van der Waals surface area contributed by atoms with Crippen LogP contribution in [0.4, 0.5) is 0 Å². The molecule has 0 radical (unpaired) electrons. The average molecular weight is 192 g/mol. The molecule has 0 aromatic carbocycles. The van der Waals surface area contributed by atoms with E-state index in [1.165, 1.54) is 22.5 Å². The summed E-state index contributed by atoms with van der Waals surface area (Å²) in [6.45, 7) is 1.79. The van der Waals surface area contributed by atoms with Crippen LogP contribution < -0.4 is 0 Å². The molecule has 2 aromatic rings. The van der Waals surface area contributed by atoms with Gasteiger partial charge < -0.3 is 0 Å². The summed E-state index contributed by atoms with van der Waals surface area (Å²) < 4.78 is 5.42. The lowest BCUT2D eigenvalue weighted by atomic mass is 10.7. The van der Waals surface area contributed by atoms with Crippen molar-refractivity contribution < 1.29 is 0 Å². The summed E-state index contributed by atoms with van der Waals surface area (Å²) in [6, 6.07) is 1.84. The van der Waals surface area contributed by atoms with Crippen molar-refractivity contribution >= 4 is 11.5 Å². The summed E-state index contributed by atoms with van der Waals surface area (Å²) in [5.41, 5.74) is 0. The van der Waals surface area contributed by atoms with Crippen molar-refractivity contribution in [2.24, 2.45) is 0 Å². The molecule has 0 saturated heterocycles. The molecule has 6 nitrogen and oxygen atoms in total. The van der Waals surface area contributed by atoms with Crippen LogP contribution in [-0.4, -0.2) is 24.1 Å². The fourth-order valence-electron chi connectivity index (χ4n) is 0.786. The number of rotatable bonds is 1. The molecule has 2 aromatic heterocycles. The zero-order valence-corrected chi connectivity index (χ0v) is 7.49. The zero-order valence-electron chi connectivity index (χ0n) is 6.67. The van der Waals surface area contributed by atoms with Crippen molar-refractivity contribution in [3.8, 4) is 11.2 Å². The van der Waals surface area contributed by atoms with E-state index in [0.29, 0.717) is 11.0 Å². The van der Waals surface area contributed by atoms with Crippen LogP contribution in [0.3, 0.4) is 0 Å². The molecule has 0 bridgehead atoms. The van der Waals surface area contributed by atoms with Crippen molar-refractivity contribution in [2.45, 2.75) is 6.92 Å². The third-order valence-electron chi connectivity index (χ3n) is 1.30. The minimum atomic E-state index is 0.132. The number of hydrogen-bond acceptors (Lipinski definition) is 6. The normalized spacial score (nSPS) is 9.85. The van der Waals surface area contributed by atoms with Gasteiger partial charge in [0.1, 0.15) is 18.2 Å². The molecule has 0 saturated carbocycles. The average Bonchev–Trinajstić information content (AvgIpc) is 2.71. The number of aryl methyl sites for hydroxylation is 1. The van der Waals surface area contributed by atoms with Crippen LogP contribution in [-0.2, 0) is 0 Å². The van der Waals surface area contributed by atoms with Crippen LogP contribution in [0.2, 0.25) is 0 Å². The highest BCUT2D eigenvalue weighted by atomic mass is 32.1. The van der Waals surface area contributed by atoms with Gasteiger partial charge in [0.2, 0.25) is 5.13 Å². The standard InChI is InChI=1S/C6H4N6S/c1-4-9-6(13-11-4)12-3-8-5(2-7)10-12/h3H,1H3. The maximum absolute atomic E-state index is 8.48. The quantitative estimate of drug-likeness (QED) is 0.649. The Morgan fingerprint density at radius 3 is 3.00 bits per heavy atom. The van der Waals surface area contributed by atoms with E-state index < -0.39 is 0 Å². The Labute approximate surface area is 77.7 Å². The van der Waals surface area contributed by atoms with Gasteiger partial charge in [0.25, 0.3) is 5.82 Å². The van der Waals surface area contributed by atoms with Crippen LogP contribution >= 0.6 is 11.5 Å². The summed E-state index contributed by atoms with van der Waals surface area (Å²) >= 11 is 1.22. The second-order valence-corrected chi connectivity index (χ2v) is 2.98. The topological polar surface area (TPSA) is 80.3 Å². The molecule has 13 heavy (non-hydrogen) atoms. The fraction of sp³-hybridized carbons (Fsp3) is 0.167. The van der Waals surface area contributed by atoms with E-state index in [1.54, 1.807) is 6.92 Å². The molecule has 0 spiro atoms. The number of hydrogen-bond donors (Lipinski definition) is 0. The summed E-state index contributed by atoms with van der Waals surface area (Å²) in [6.07, 6.45) is 1.44. The van der Waals surface area contributed by atoms with Gasteiger partial charge in [-0.05, 0) is 6.92 Å². The molecule has 0 aliphatic rings. The molecule has 2 heterocycles. The van der Waals surface area contributed by atoms with E-state index in [9.17, 15) is 0 Å². The van der Waals surface area contributed by atoms with Crippen LogP contribution in [0.5, 0.6) is 0 Å². The van der Waals surface area contributed by atoms with Gasteiger partial charge in [0, 0.05) is 11.5 Å². The van der Waals surface area contributed by atoms with Gasteiger partial charge in [-0.25, -0.2) is 9.97 Å². The van der Waals surface area contributed by atoms with Gasteiger partial charge >= 0.3 is 0 Å². The first-order valence-corrected chi connectivity index (χ1v) is 4.19. The number of aromatic nitrogens is 5. The summed E-state index contributed by atoms with van der Waals surface area (Å²) in [4.78, 5) is 7.84. The molecule has 7 heteroatoms. The molecule has 0 amide bonds. The van der Waals surface area contributed by atoms with Gasteiger partial charge in [-0.1, -0.05) is 0 Å². The summed E-state index contributed by atoms with van der Waals surface area (Å²) in [5, 5.41) is 13.0. The first-order chi connectivity index (χ1) is 6.29. The third kappa shape index (κ3) is 1.39. The maximum atomic E-state index is 8.48. The highest BCUT2D eigenvalue weighted by molar-refractivity contribution is 7.08. The lowest BCUT2D eigenvalue weighted by Crippen LogP contribution is -1.93. The van der Waals surface area contributed by atoms with Crippen molar-refractivity contribution in [1.29, 1.82) is 5.26 Å². The molecular formula is C6H4N6S. The van der Waals surface area contributed by atoms with E-state index in [-0.39, 0.29) is 5.82 Å². The van der Waals surface area contributed by atoms with Crippen LogP contribution in [0.25, 0.3) is 5.13 Å². The molecule has 0 atom stereocenters. The lowest BCUT2D eigenvalue weighted by Gasteiger charge is -1.87. The minimum Gasteiger partial charge on any atom is -0.206 e. The predicted octanol–water partition coefficient (Wildman–Crippen LogP) is 0.299. The van der Waals surface area contributed by atoms with Crippen LogP contribution in [0, 0.1) is 18.3 Å². The first-order valence-electron chi connectivity index (χ1n) is 3.42. The Kier molecular flexibility index (Phi) is 1.75. The predicted molar refractivity (Wildman–Crippen MR) is 44.3 cm³/mol. The highest BCUT2D eigenvalue weighted by Gasteiger charge is 2.05. The molecule has 64 valence electrons. The van der Waals surface area contributed by atoms with Crippen molar-refractivity contribution in [3.63, 3.8) is 0 Å². The van der Waals surface area contributed by atoms with E-state index in [1.807, 2.05) is 6.07 Å². The molecule has 0 aliphatic carbocycles. The van der Waals surface area contributed by atoms with Crippen molar-refractivity contribution in [3.05, 3.63) is 18.0 Å². The lowest BCUT2D eigenvalue weighted by molar-refractivity contribution is 0.856. The maximum Gasteiger partial charge on any atom is 0.252 e. The largest absolute Gasteiger partial charge is 0.252 e. The Morgan fingerprint density at radius 1 is 1.62 bits per heavy atom. The van der Waals surface area contributed by atoms with E-state index in [4.69, 9.17) is 5.26 Å². The number of nitriles is 1. The fourth-order valence-corrected chi connectivity index (χ4v) is 1.38. The minimum absolute atomic E-state index is 0.132. The van der Waals surface area contributed by atoms with Gasteiger partial charge in [-0.2, -0.15) is 14.3 Å². The van der Waals surface area contributed by atoms with Gasteiger partial charge in [0.05, 0.1) is 0 Å². The van der Waals surface area contributed by atoms with Crippen LogP contribution in [0.15, 0.2) is 6.33 Å². The van der Waals surface area contributed by atoms with E-state index in [2.05, 4.69) is 19.4 Å². The molecule has 0 N–H and O–H groups in total. The van der Waals surface area contributed by atoms with E-state index >= 15 is 0 Å². The highest BCUT2D eigenvalue weighted by Crippen LogP contribution is 2.08. The molecular weight excluding hydrogens is 188 g/mol. The molecule has 0 unspecified atom stereocenters.